The van der Waals surface area contributed by atoms with E-state index in [0.717, 1.165) is 17.7 Å². The first-order chi connectivity index (χ1) is 11.2. The molecule has 1 aliphatic heterocycles. The van der Waals surface area contributed by atoms with Gasteiger partial charge in [-0.2, -0.15) is 0 Å². The van der Waals surface area contributed by atoms with Crippen molar-refractivity contribution in [3.05, 3.63) is 71.8 Å². The summed E-state index contributed by atoms with van der Waals surface area (Å²) >= 11 is 0. The number of likely N-dealkylation sites (tertiary alicyclic amines) is 1. The van der Waals surface area contributed by atoms with Crippen LogP contribution in [-0.2, 0) is 5.60 Å². The molecule has 1 aliphatic rings. The van der Waals surface area contributed by atoms with Gasteiger partial charge < -0.3 is 17.5 Å². The Bertz CT molecular complexity index is 651. The summed E-state index contributed by atoms with van der Waals surface area (Å²) in [7, 11) is 0. The van der Waals surface area contributed by atoms with Crippen LogP contribution in [0, 0.1) is 11.8 Å². The average molecular weight is 341 g/mol. The predicted octanol–water partition coefficient (Wildman–Crippen LogP) is 0.414. The van der Waals surface area contributed by atoms with E-state index < -0.39 is 5.60 Å². The Kier molecular flexibility index (Phi) is 6.45. The van der Waals surface area contributed by atoms with Crippen molar-refractivity contribution < 1.29 is 17.5 Å². The van der Waals surface area contributed by atoms with Gasteiger partial charge in [-0.15, -0.1) is 0 Å². The minimum absolute atomic E-state index is 0. The summed E-state index contributed by atoms with van der Waals surface area (Å²) in [5.41, 5.74) is 0.368. The third kappa shape index (κ3) is 3.99. The number of hydrogen-bond donors (Lipinski definition) is 1. The molecule has 1 heterocycles. The molecule has 1 fully saturated rings. The molecule has 3 rings (SSSR count). The largest absolute Gasteiger partial charge is 1.00 e. The maximum atomic E-state index is 11.3. The van der Waals surface area contributed by atoms with Gasteiger partial charge in [0.05, 0.1) is 6.54 Å². The zero-order chi connectivity index (χ0) is 16.1. The lowest BCUT2D eigenvalue weighted by Crippen LogP contribution is -3.00. The minimum Gasteiger partial charge on any atom is -1.00 e. The molecule has 0 amide bonds. The van der Waals surface area contributed by atoms with Gasteiger partial charge in [0.1, 0.15) is 0 Å². The normalized spacial score (nSPS) is 17.7. The van der Waals surface area contributed by atoms with Crippen LogP contribution in [0.3, 0.4) is 0 Å². The van der Waals surface area contributed by atoms with E-state index in [0.29, 0.717) is 12.6 Å². The van der Waals surface area contributed by atoms with Crippen LogP contribution in [0.25, 0.3) is 0 Å². The van der Waals surface area contributed by atoms with Crippen LogP contribution in [0.2, 0.25) is 0 Å². The average Bonchev–Trinajstić information content (AvgIpc) is 3.01. The topological polar surface area (TPSA) is 23.5 Å². The van der Waals surface area contributed by atoms with Crippen molar-refractivity contribution in [1.82, 2.24) is 4.90 Å². The highest BCUT2D eigenvalue weighted by atomic mass is 35.5. The van der Waals surface area contributed by atoms with Gasteiger partial charge in [0, 0.05) is 17.2 Å². The van der Waals surface area contributed by atoms with Crippen molar-refractivity contribution in [3.63, 3.8) is 0 Å². The van der Waals surface area contributed by atoms with Crippen LogP contribution in [-0.4, -0.2) is 29.1 Å². The van der Waals surface area contributed by atoms with E-state index in [1.165, 1.54) is 12.8 Å². The van der Waals surface area contributed by atoms with Crippen LogP contribution in [0.15, 0.2) is 60.7 Å². The first kappa shape index (κ1) is 18.5. The zero-order valence-corrected chi connectivity index (χ0v) is 14.7. The lowest BCUT2D eigenvalue weighted by Gasteiger charge is -2.24. The molecule has 3 heteroatoms. The van der Waals surface area contributed by atoms with Gasteiger partial charge in [-0.1, -0.05) is 72.5 Å². The fourth-order valence-electron chi connectivity index (χ4n) is 3.17. The number of aliphatic hydroxyl groups is 1. The lowest BCUT2D eigenvalue weighted by atomic mass is 9.87. The number of benzene rings is 2. The molecule has 24 heavy (non-hydrogen) atoms. The van der Waals surface area contributed by atoms with Gasteiger partial charge in [-0.25, -0.2) is 0 Å². The molecule has 1 unspecified atom stereocenters. The Labute approximate surface area is 150 Å². The maximum absolute atomic E-state index is 11.3. The van der Waals surface area contributed by atoms with E-state index in [2.05, 4.69) is 23.7 Å². The third-order valence-electron chi connectivity index (χ3n) is 4.63. The molecule has 1 saturated heterocycles. The molecule has 1 atom stereocenters. The number of rotatable bonds is 3. The SMILES string of the molecule is CC1CCCN1CC#CC(O)(c1ccccc1)c1ccccc1.[Cl-]. The lowest BCUT2D eigenvalue weighted by molar-refractivity contribution is -0.00000710. The van der Waals surface area contributed by atoms with Crippen molar-refractivity contribution in [1.29, 1.82) is 0 Å². The molecule has 1 N–H and O–H groups in total. The van der Waals surface area contributed by atoms with E-state index in [1.54, 1.807) is 0 Å². The summed E-state index contributed by atoms with van der Waals surface area (Å²) in [5.74, 6) is 6.36. The summed E-state index contributed by atoms with van der Waals surface area (Å²) in [4.78, 5) is 2.38. The zero-order valence-electron chi connectivity index (χ0n) is 14.0. The van der Waals surface area contributed by atoms with E-state index in [-0.39, 0.29) is 12.4 Å². The molecule has 2 nitrogen and oxygen atoms in total. The molecule has 0 aromatic heterocycles. The summed E-state index contributed by atoms with van der Waals surface area (Å²) < 4.78 is 0. The van der Waals surface area contributed by atoms with Crippen molar-refractivity contribution in [3.8, 4) is 11.8 Å². The number of nitrogens with zero attached hydrogens (tertiary/aromatic N) is 1. The van der Waals surface area contributed by atoms with E-state index in [1.807, 2.05) is 60.7 Å². The van der Waals surface area contributed by atoms with E-state index >= 15 is 0 Å². The Balaban J connectivity index is 0.00000208. The molecule has 126 valence electrons. The van der Waals surface area contributed by atoms with Crippen molar-refractivity contribution >= 4 is 0 Å². The fraction of sp³-hybridized carbons (Fsp3) is 0.333. The van der Waals surface area contributed by atoms with Crippen LogP contribution in [0.5, 0.6) is 0 Å². The molecule has 0 bridgehead atoms. The van der Waals surface area contributed by atoms with E-state index in [9.17, 15) is 5.11 Å². The second-order valence-electron chi connectivity index (χ2n) is 6.21. The van der Waals surface area contributed by atoms with Crippen LogP contribution in [0.4, 0.5) is 0 Å². The molecule has 0 saturated carbocycles. The quantitative estimate of drug-likeness (QED) is 0.818. The van der Waals surface area contributed by atoms with E-state index in [4.69, 9.17) is 0 Å². The minimum atomic E-state index is -1.26. The molecule has 2 aromatic carbocycles. The predicted molar refractivity (Wildman–Crippen MR) is 93.9 cm³/mol. The molecule has 2 aromatic rings. The Morgan fingerprint density at radius 1 is 1.04 bits per heavy atom. The van der Waals surface area contributed by atoms with Gasteiger partial charge in [0.15, 0.2) is 5.60 Å². The highest BCUT2D eigenvalue weighted by Crippen LogP contribution is 2.28. The smallest absolute Gasteiger partial charge is 0.176 e. The monoisotopic (exact) mass is 340 g/mol. The summed E-state index contributed by atoms with van der Waals surface area (Å²) in [5, 5.41) is 11.3. The molecule has 0 spiro atoms. The third-order valence-corrected chi connectivity index (χ3v) is 4.63. The second-order valence-corrected chi connectivity index (χ2v) is 6.21. The Morgan fingerprint density at radius 2 is 1.58 bits per heavy atom. The Morgan fingerprint density at radius 3 is 2.04 bits per heavy atom. The highest BCUT2D eigenvalue weighted by Gasteiger charge is 2.29. The standard InChI is InChI=1S/C21H23NO.ClH/c1-18-10-8-16-22(18)17-9-15-21(23,19-11-4-2-5-12-19)20-13-6-3-7-14-20;/h2-7,11-14,18,23H,8,10,16-17H2,1H3;1H/p-1. The number of halogens is 1. The van der Waals surface area contributed by atoms with Gasteiger partial charge >= 0.3 is 0 Å². The van der Waals surface area contributed by atoms with Gasteiger partial charge in [0.25, 0.3) is 0 Å². The molecular weight excluding hydrogens is 318 g/mol. The summed E-state index contributed by atoms with van der Waals surface area (Å²) in [6.07, 6.45) is 2.48. The molecule has 0 radical (unpaired) electrons. The Hall–Kier alpha value is -1.79. The van der Waals surface area contributed by atoms with Crippen LogP contribution < -0.4 is 12.4 Å². The molecular formula is C21H23ClNO-. The fourth-order valence-corrected chi connectivity index (χ4v) is 3.17. The van der Waals surface area contributed by atoms with Crippen molar-refractivity contribution in [2.24, 2.45) is 0 Å². The number of hydrogen-bond acceptors (Lipinski definition) is 2. The van der Waals surface area contributed by atoms with Gasteiger partial charge in [-0.05, 0) is 26.3 Å². The van der Waals surface area contributed by atoms with Crippen molar-refractivity contribution in [2.75, 3.05) is 13.1 Å². The summed E-state index contributed by atoms with van der Waals surface area (Å²) in [6.45, 7) is 4.06. The van der Waals surface area contributed by atoms with Crippen LogP contribution >= 0.6 is 0 Å². The first-order valence-corrected chi connectivity index (χ1v) is 8.27. The van der Waals surface area contributed by atoms with Gasteiger partial charge in [-0.3, -0.25) is 4.90 Å². The highest BCUT2D eigenvalue weighted by molar-refractivity contribution is 5.44. The summed E-state index contributed by atoms with van der Waals surface area (Å²) in [6, 6.07) is 20.0. The maximum Gasteiger partial charge on any atom is 0.176 e. The van der Waals surface area contributed by atoms with Crippen molar-refractivity contribution in [2.45, 2.75) is 31.4 Å². The molecule has 0 aliphatic carbocycles. The second kappa shape index (κ2) is 8.35. The van der Waals surface area contributed by atoms with Crippen LogP contribution in [0.1, 0.15) is 30.9 Å². The van der Waals surface area contributed by atoms with Gasteiger partial charge in [0.2, 0.25) is 0 Å². The first-order valence-electron chi connectivity index (χ1n) is 8.27.